The maximum absolute atomic E-state index is 6.42. The Morgan fingerprint density at radius 3 is 2.80 bits per heavy atom. The first kappa shape index (κ1) is 14.1. The predicted octanol–water partition coefficient (Wildman–Crippen LogP) is 4.68. The van der Waals surface area contributed by atoms with Gasteiger partial charge in [-0.3, -0.25) is 0 Å². The number of thiophene rings is 1. The number of hydrogen-bond acceptors (Lipinski definition) is 4. The van der Waals surface area contributed by atoms with Crippen LogP contribution < -0.4 is 5.32 Å². The van der Waals surface area contributed by atoms with E-state index in [-0.39, 0.29) is 0 Å². The maximum Gasteiger partial charge on any atom is 0.225 e. The molecule has 0 bridgehead atoms. The van der Waals surface area contributed by atoms with Gasteiger partial charge in [-0.2, -0.15) is 0 Å². The molecule has 1 aliphatic rings. The fourth-order valence-electron chi connectivity index (χ4n) is 2.66. The van der Waals surface area contributed by atoms with Crippen LogP contribution in [0.25, 0.3) is 10.2 Å². The normalized spacial score (nSPS) is 15.4. The quantitative estimate of drug-likeness (QED) is 0.660. The Kier molecular flexibility index (Phi) is 4.13. The Hall–Kier alpha value is -0.870. The number of halogens is 1. The minimum absolute atomic E-state index is 0.563. The van der Waals surface area contributed by atoms with Gasteiger partial charge in [0.2, 0.25) is 5.95 Å². The van der Waals surface area contributed by atoms with E-state index in [2.05, 4.69) is 29.1 Å². The van der Waals surface area contributed by atoms with Crippen molar-refractivity contribution in [2.75, 3.05) is 11.9 Å². The van der Waals surface area contributed by atoms with Crippen LogP contribution in [0.15, 0.2) is 0 Å². The summed E-state index contributed by atoms with van der Waals surface area (Å²) in [5, 5.41) is 4.98. The third-order valence-electron chi connectivity index (χ3n) is 3.69. The zero-order valence-corrected chi connectivity index (χ0v) is 13.6. The average Bonchev–Trinajstić information content (AvgIpc) is 2.59. The zero-order chi connectivity index (χ0) is 14.1. The van der Waals surface area contributed by atoms with Gasteiger partial charge < -0.3 is 5.32 Å². The molecule has 0 aromatic carbocycles. The molecule has 0 spiro atoms. The summed E-state index contributed by atoms with van der Waals surface area (Å²) in [5.41, 5.74) is 1.41. The molecule has 1 N–H and O–H groups in total. The van der Waals surface area contributed by atoms with Crippen molar-refractivity contribution in [3.63, 3.8) is 0 Å². The zero-order valence-electron chi connectivity index (χ0n) is 12.0. The topological polar surface area (TPSA) is 37.8 Å². The fraction of sp³-hybridized carbons (Fsp3) is 0.600. The van der Waals surface area contributed by atoms with E-state index < -0.39 is 0 Å². The largest absolute Gasteiger partial charge is 0.354 e. The van der Waals surface area contributed by atoms with Crippen molar-refractivity contribution in [2.45, 2.75) is 46.0 Å². The van der Waals surface area contributed by atoms with Crippen molar-refractivity contribution >= 4 is 39.1 Å². The monoisotopic (exact) mass is 309 g/mol. The highest BCUT2D eigenvalue weighted by atomic mass is 35.5. The third kappa shape index (κ3) is 2.77. The molecule has 2 aromatic rings. The third-order valence-corrected chi connectivity index (χ3v) is 5.15. The van der Waals surface area contributed by atoms with Crippen molar-refractivity contribution in [1.82, 2.24) is 9.97 Å². The van der Waals surface area contributed by atoms with Crippen molar-refractivity contribution in [3.8, 4) is 0 Å². The molecular weight excluding hydrogens is 290 g/mol. The average molecular weight is 310 g/mol. The van der Waals surface area contributed by atoms with E-state index in [1.807, 2.05) is 0 Å². The SMILES string of the molecule is CC(C)CNc1nc(Cl)c2c3c(sc2n1)CCCCC3. The molecular formula is C15H20ClN3S. The molecule has 3 nitrogen and oxygen atoms in total. The number of aryl methyl sites for hydroxylation is 2. The molecule has 0 saturated carbocycles. The Balaban J connectivity index is 2.00. The first-order valence-corrected chi connectivity index (χ1v) is 8.56. The highest BCUT2D eigenvalue weighted by Crippen LogP contribution is 2.38. The minimum Gasteiger partial charge on any atom is -0.354 e. The van der Waals surface area contributed by atoms with E-state index in [0.29, 0.717) is 17.0 Å². The number of fused-ring (bicyclic) bond motifs is 3. The van der Waals surface area contributed by atoms with E-state index in [0.717, 1.165) is 23.2 Å². The second-order valence-corrected chi connectivity index (χ2v) is 7.30. The Morgan fingerprint density at radius 1 is 1.20 bits per heavy atom. The van der Waals surface area contributed by atoms with E-state index in [1.165, 1.54) is 36.1 Å². The molecule has 0 unspecified atom stereocenters. The first-order chi connectivity index (χ1) is 9.65. The van der Waals surface area contributed by atoms with Gasteiger partial charge in [-0.15, -0.1) is 11.3 Å². The van der Waals surface area contributed by atoms with Gasteiger partial charge in [-0.25, -0.2) is 9.97 Å². The van der Waals surface area contributed by atoms with Gasteiger partial charge in [-0.05, 0) is 37.2 Å². The van der Waals surface area contributed by atoms with Crippen molar-refractivity contribution in [2.24, 2.45) is 5.92 Å². The summed E-state index contributed by atoms with van der Waals surface area (Å²) in [6.45, 7) is 5.20. The van der Waals surface area contributed by atoms with Crippen LogP contribution in [0.1, 0.15) is 43.6 Å². The summed E-state index contributed by atoms with van der Waals surface area (Å²) in [6.07, 6.45) is 6.14. The molecule has 0 atom stereocenters. The van der Waals surface area contributed by atoms with Gasteiger partial charge >= 0.3 is 0 Å². The molecule has 2 aromatic heterocycles. The maximum atomic E-state index is 6.42. The van der Waals surface area contributed by atoms with Crippen LogP contribution in [0, 0.1) is 5.92 Å². The number of rotatable bonds is 3. The van der Waals surface area contributed by atoms with E-state index in [9.17, 15) is 0 Å². The van der Waals surface area contributed by atoms with Crippen LogP contribution in [0.2, 0.25) is 5.15 Å². The van der Waals surface area contributed by atoms with E-state index in [4.69, 9.17) is 11.6 Å². The standard InChI is InChI=1S/C15H20ClN3S/c1-9(2)8-17-15-18-13(16)12-10-6-4-3-5-7-11(10)20-14(12)19-15/h9H,3-8H2,1-2H3,(H,17,18,19). The molecule has 5 heteroatoms. The van der Waals surface area contributed by atoms with Crippen LogP contribution >= 0.6 is 22.9 Å². The number of hydrogen-bond donors (Lipinski definition) is 1. The van der Waals surface area contributed by atoms with Crippen LogP contribution in [0.3, 0.4) is 0 Å². The Labute approximate surface area is 128 Å². The summed E-state index contributed by atoms with van der Waals surface area (Å²) < 4.78 is 0. The van der Waals surface area contributed by atoms with Gasteiger partial charge in [0, 0.05) is 11.4 Å². The lowest BCUT2D eigenvalue weighted by Crippen LogP contribution is -2.10. The van der Waals surface area contributed by atoms with Gasteiger partial charge in [0.15, 0.2) is 0 Å². The fourth-order valence-corrected chi connectivity index (χ4v) is 4.27. The van der Waals surface area contributed by atoms with Crippen LogP contribution in [0.5, 0.6) is 0 Å². The lowest BCUT2D eigenvalue weighted by Gasteiger charge is -2.08. The van der Waals surface area contributed by atoms with E-state index >= 15 is 0 Å². The van der Waals surface area contributed by atoms with Crippen molar-refractivity contribution in [1.29, 1.82) is 0 Å². The molecule has 0 fully saturated rings. The Morgan fingerprint density at radius 2 is 2.00 bits per heavy atom. The predicted molar refractivity (Wildman–Crippen MR) is 87.0 cm³/mol. The van der Waals surface area contributed by atoms with Crippen LogP contribution in [-0.2, 0) is 12.8 Å². The van der Waals surface area contributed by atoms with Gasteiger partial charge in [-0.1, -0.05) is 31.9 Å². The molecule has 108 valence electrons. The number of nitrogens with zero attached hydrogens (tertiary/aromatic N) is 2. The highest BCUT2D eigenvalue weighted by molar-refractivity contribution is 7.19. The summed E-state index contributed by atoms with van der Waals surface area (Å²) in [5.74, 6) is 1.22. The van der Waals surface area contributed by atoms with E-state index in [1.54, 1.807) is 11.3 Å². The summed E-state index contributed by atoms with van der Waals surface area (Å²) in [4.78, 5) is 11.6. The number of aromatic nitrogens is 2. The molecule has 0 saturated heterocycles. The number of anilines is 1. The van der Waals surface area contributed by atoms with Crippen molar-refractivity contribution < 1.29 is 0 Å². The molecule has 0 amide bonds. The summed E-state index contributed by atoms with van der Waals surface area (Å²) >= 11 is 8.22. The first-order valence-electron chi connectivity index (χ1n) is 7.37. The second kappa shape index (κ2) is 5.86. The van der Waals surface area contributed by atoms with Crippen molar-refractivity contribution in [3.05, 3.63) is 15.6 Å². The summed E-state index contributed by atoms with van der Waals surface area (Å²) in [6, 6.07) is 0. The molecule has 1 aliphatic carbocycles. The molecule has 0 radical (unpaired) electrons. The molecule has 3 rings (SSSR count). The van der Waals surface area contributed by atoms with Crippen LogP contribution in [0.4, 0.5) is 5.95 Å². The summed E-state index contributed by atoms with van der Waals surface area (Å²) in [7, 11) is 0. The highest BCUT2D eigenvalue weighted by Gasteiger charge is 2.19. The lowest BCUT2D eigenvalue weighted by molar-refractivity contribution is 0.685. The van der Waals surface area contributed by atoms with Gasteiger partial charge in [0.05, 0.1) is 5.39 Å². The van der Waals surface area contributed by atoms with Gasteiger partial charge in [0.1, 0.15) is 9.98 Å². The molecule has 2 heterocycles. The lowest BCUT2D eigenvalue weighted by atomic mass is 10.1. The molecule has 20 heavy (non-hydrogen) atoms. The number of nitrogens with one attached hydrogen (secondary N) is 1. The minimum atomic E-state index is 0.563. The second-order valence-electron chi connectivity index (χ2n) is 5.86. The van der Waals surface area contributed by atoms with Gasteiger partial charge in [0.25, 0.3) is 0 Å². The smallest absolute Gasteiger partial charge is 0.225 e. The molecule has 0 aliphatic heterocycles. The Bertz CT molecular complexity index is 621. The van der Waals surface area contributed by atoms with Crippen LogP contribution in [-0.4, -0.2) is 16.5 Å².